The molecule has 0 saturated carbocycles. The fourth-order valence-electron chi connectivity index (χ4n) is 1.84. The van der Waals surface area contributed by atoms with Gasteiger partial charge in [0.25, 0.3) is 0 Å². The Labute approximate surface area is 114 Å². The van der Waals surface area contributed by atoms with Gasteiger partial charge in [-0.05, 0) is 24.5 Å². The third-order valence-corrected chi connectivity index (χ3v) is 2.93. The van der Waals surface area contributed by atoms with E-state index >= 15 is 0 Å². The van der Waals surface area contributed by atoms with Crippen LogP contribution >= 0.6 is 0 Å². The van der Waals surface area contributed by atoms with Crippen LogP contribution in [0.25, 0.3) is 0 Å². The Bertz CT molecular complexity index is 398. The molecule has 104 valence electrons. The fraction of sp³-hybridized carbons (Fsp3) is 0.438. The number of ketones is 1. The van der Waals surface area contributed by atoms with Gasteiger partial charge in [0.2, 0.25) is 0 Å². The van der Waals surface area contributed by atoms with E-state index in [2.05, 4.69) is 0 Å². The van der Waals surface area contributed by atoms with Gasteiger partial charge >= 0.3 is 0 Å². The zero-order valence-electron chi connectivity index (χ0n) is 11.3. The van der Waals surface area contributed by atoms with Crippen LogP contribution in [-0.4, -0.2) is 28.2 Å². The number of aliphatic hydroxyl groups is 2. The van der Waals surface area contributed by atoms with Crippen molar-refractivity contribution in [2.24, 2.45) is 0 Å². The largest absolute Gasteiger partial charge is 0.390 e. The summed E-state index contributed by atoms with van der Waals surface area (Å²) in [6.45, 7) is 1.95. The Morgan fingerprint density at radius 3 is 2.53 bits per heavy atom. The number of carbonyl (C=O) groups excluding carboxylic acids is 1. The molecule has 0 aromatic heterocycles. The summed E-state index contributed by atoms with van der Waals surface area (Å²) in [7, 11) is 0. The van der Waals surface area contributed by atoms with Crippen LogP contribution in [0.15, 0.2) is 42.5 Å². The Morgan fingerprint density at radius 1 is 1.21 bits per heavy atom. The maximum atomic E-state index is 11.7. The monoisotopic (exact) mass is 262 g/mol. The SMILES string of the molecule is CCCC(O)C(O)CC=CC(=O)Cc1ccccc1. The Morgan fingerprint density at radius 2 is 1.89 bits per heavy atom. The second kappa shape index (κ2) is 8.62. The van der Waals surface area contributed by atoms with Crippen molar-refractivity contribution in [3.05, 3.63) is 48.0 Å². The molecule has 1 rings (SSSR count). The first-order chi connectivity index (χ1) is 9.13. The molecule has 2 unspecified atom stereocenters. The lowest BCUT2D eigenvalue weighted by Crippen LogP contribution is -2.24. The quantitative estimate of drug-likeness (QED) is 0.707. The van der Waals surface area contributed by atoms with Crippen LogP contribution in [0.2, 0.25) is 0 Å². The minimum atomic E-state index is -0.791. The summed E-state index contributed by atoms with van der Waals surface area (Å²) < 4.78 is 0. The smallest absolute Gasteiger partial charge is 0.159 e. The molecular weight excluding hydrogens is 240 g/mol. The maximum Gasteiger partial charge on any atom is 0.159 e. The predicted octanol–water partition coefficient (Wildman–Crippen LogP) is 2.27. The molecule has 0 fully saturated rings. The molecule has 0 spiro atoms. The van der Waals surface area contributed by atoms with Crippen molar-refractivity contribution in [3.63, 3.8) is 0 Å². The van der Waals surface area contributed by atoms with E-state index in [0.717, 1.165) is 12.0 Å². The topological polar surface area (TPSA) is 57.5 Å². The summed E-state index contributed by atoms with van der Waals surface area (Å²) >= 11 is 0. The van der Waals surface area contributed by atoms with Crippen molar-refractivity contribution in [3.8, 4) is 0 Å². The highest BCUT2D eigenvalue weighted by molar-refractivity contribution is 5.91. The minimum Gasteiger partial charge on any atom is -0.390 e. The number of allylic oxidation sites excluding steroid dienone is 1. The molecule has 0 aliphatic carbocycles. The van der Waals surface area contributed by atoms with E-state index in [1.807, 2.05) is 37.3 Å². The van der Waals surface area contributed by atoms with Crippen LogP contribution in [0.1, 0.15) is 31.7 Å². The van der Waals surface area contributed by atoms with Crippen molar-refractivity contribution in [2.45, 2.75) is 44.8 Å². The molecule has 0 heterocycles. The second-order valence-corrected chi connectivity index (χ2v) is 4.69. The molecule has 19 heavy (non-hydrogen) atoms. The van der Waals surface area contributed by atoms with E-state index in [9.17, 15) is 15.0 Å². The molecule has 2 atom stereocenters. The van der Waals surface area contributed by atoms with Gasteiger partial charge in [-0.25, -0.2) is 0 Å². The number of rotatable bonds is 8. The predicted molar refractivity (Wildman–Crippen MR) is 75.8 cm³/mol. The number of carbonyl (C=O) groups is 1. The average molecular weight is 262 g/mol. The number of hydrogen-bond donors (Lipinski definition) is 2. The molecule has 0 amide bonds. The molecule has 0 bridgehead atoms. The summed E-state index contributed by atoms with van der Waals surface area (Å²) in [6, 6.07) is 9.53. The van der Waals surface area contributed by atoms with E-state index in [1.165, 1.54) is 6.08 Å². The lowest BCUT2D eigenvalue weighted by molar-refractivity contribution is -0.114. The first-order valence-electron chi connectivity index (χ1n) is 6.73. The highest BCUT2D eigenvalue weighted by Gasteiger charge is 2.13. The van der Waals surface area contributed by atoms with Gasteiger partial charge in [0.15, 0.2) is 5.78 Å². The van der Waals surface area contributed by atoms with Crippen LogP contribution in [0.5, 0.6) is 0 Å². The van der Waals surface area contributed by atoms with Gasteiger partial charge in [0.1, 0.15) is 0 Å². The third-order valence-electron chi connectivity index (χ3n) is 2.93. The van der Waals surface area contributed by atoms with Gasteiger partial charge in [-0.1, -0.05) is 49.8 Å². The average Bonchev–Trinajstić information content (AvgIpc) is 2.40. The van der Waals surface area contributed by atoms with E-state index in [4.69, 9.17) is 0 Å². The summed E-state index contributed by atoms with van der Waals surface area (Å²) in [5.41, 5.74) is 0.976. The Kier molecular flexibility index (Phi) is 7.08. The third kappa shape index (κ3) is 6.32. The molecule has 3 heteroatoms. The second-order valence-electron chi connectivity index (χ2n) is 4.69. The summed E-state index contributed by atoms with van der Waals surface area (Å²) in [4.78, 5) is 11.7. The molecule has 0 aliphatic rings. The number of benzene rings is 1. The standard InChI is InChI=1S/C16H22O3/c1-2-7-15(18)16(19)11-6-10-14(17)12-13-8-4-3-5-9-13/h3-6,8-10,15-16,18-19H,2,7,11-12H2,1H3. The van der Waals surface area contributed by atoms with Crippen LogP contribution in [0.3, 0.4) is 0 Å². The van der Waals surface area contributed by atoms with E-state index < -0.39 is 12.2 Å². The van der Waals surface area contributed by atoms with Crippen molar-refractivity contribution in [2.75, 3.05) is 0 Å². The minimum absolute atomic E-state index is 0.00313. The van der Waals surface area contributed by atoms with Gasteiger partial charge in [0, 0.05) is 6.42 Å². The van der Waals surface area contributed by atoms with Gasteiger partial charge in [0.05, 0.1) is 12.2 Å². The lowest BCUT2D eigenvalue weighted by Gasteiger charge is -2.14. The normalized spacial score (nSPS) is 14.5. The molecule has 0 aliphatic heterocycles. The van der Waals surface area contributed by atoms with Gasteiger partial charge < -0.3 is 10.2 Å². The molecule has 1 aromatic carbocycles. The molecule has 0 radical (unpaired) electrons. The van der Waals surface area contributed by atoms with Crippen molar-refractivity contribution in [1.82, 2.24) is 0 Å². The lowest BCUT2D eigenvalue weighted by atomic mass is 10.0. The number of hydrogen-bond acceptors (Lipinski definition) is 3. The van der Waals surface area contributed by atoms with E-state index in [1.54, 1.807) is 6.08 Å². The van der Waals surface area contributed by atoms with Gasteiger partial charge in [-0.2, -0.15) is 0 Å². The Hall–Kier alpha value is -1.45. The first-order valence-corrected chi connectivity index (χ1v) is 6.73. The van der Waals surface area contributed by atoms with Crippen molar-refractivity contribution < 1.29 is 15.0 Å². The molecule has 0 saturated heterocycles. The first kappa shape index (κ1) is 15.6. The van der Waals surface area contributed by atoms with Crippen LogP contribution in [0.4, 0.5) is 0 Å². The van der Waals surface area contributed by atoms with Gasteiger partial charge in [-0.3, -0.25) is 4.79 Å². The molecular formula is C16H22O3. The van der Waals surface area contributed by atoms with E-state index in [-0.39, 0.29) is 5.78 Å². The summed E-state index contributed by atoms with van der Waals surface area (Å²) in [5, 5.41) is 19.2. The van der Waals surface area contributed by atoms with Crippen molar-refractivity contribution >= 4 is 5.78 Å². The summed E-state index contributed by atoms with van der Waals surface area (Å²) in [6.07, 6.45) is 3.69. The highest BCUT2D eigenvalue weighted by atomic mass is 16.3. The maximum absolute atomic E-state index is 11.7. The summed E-state index contributed by atoms with van der Waals surface area (Å²) in [5.74, 6) is 0.00313. The fourth-order valence-corrected chi connectivity index (χ4v) is 1.84. The zero-order chi connectivity index (χ0) is 14.1. The molecule has 2 N–H and O–H groups in total. The zero-order valence-corrected chi connectivity index (χ0v) is 11.3. The molecule has 3 nitrogen and oxygen atoms in total. The van der Waals surface area contributed by atoms with Gasteiger partial charge in [-0.15, -0.1) is 0 Å². The molecule has 1 aromatic rings. The van der Waals surface area contributed by atoms with Crippen LogP contribution < -0.4 is 0 Å². The van der Waals surface area contributed by atoms with E-state index in [0.29, 0.717) is 19.3 Å². The number of aliphatic hydroxyl groups excluding tert-OH is 2. The van der Waals surface area contributed by atoms with Crippen LogP contribution in [0, 0.1) is 0 Å². The Balaban J connectivity index is 2.34. The van der Waals surface area contributed by atoms with Crippen LogP contribution in [-0.2, 0) is 11.2 Å². The van der Waals surface area contributed by atoms with Crippen molar-refractivity contribution in [1.29, 1.82) is 0 Å². The highest BCUT2D eigenvalue weighted by Crippen LogP contribution is 2.07.